The highest BCUT2D eigenvalue weighted by Gasteiger charge is 2.45. The van der Waals surface area contributed by atoms with Gasteiger partial charge >= 0.3 is 18.0 Å². The third kappa shape index (κ3) is 4.50. The summed E-state index contributed by atoms with van der Waals surface area (Å²) in [5.41, 5.74) is 0.631. The minimum Gasteiger partial charge on any atom is -0.508 e. The van der Waals surface area contributed by atoms with E-state index in [9.17, 15) is 24.3 Å². The largest absolute Gasteiger partial charge is 0.508 e. The van der Waals surface area contributed by atoms with Gasteiger partial charge in [0.25, 0.3) is 5.91 Å². The minimum absolute atomic E-state index is 0.0126. The molecule has 0 unspecified atom stereocenters. The Morgan fingerprint density at radius 3 is 2.42 bits per heavy atom. The lowest BCUT2D eigenvalue weighted by Crippen LogP contribution is -2.36. The van der Waals surface area contributed by atoms with E-state index in [0.29, 0.717) is 5.56 Å². The highest BCUT2D eigenvalue weighted by atomic mass is 16.5. The Balaban J connectivity index is 2.16. The molecule has 9 heteroatoms. The Morgan fingerprint density at radius 1 is 1.19 bits per heavy atom. The van der Waals surface area contributed by atoms with Gasteiger partial charge in [-0.15, -0.1) is 0 Å². The number of nitrogens with zero attached hydrogens (tertiary/aromatic N) is 2. The molecule has 0 radical (unpaired) electrons. The molecule has 1 aromatic rings. The van der Waals surface area contributed by atoms with Gasteiger partial charge in [0.2, 0.25) is 0 Å². The molecule has 1 aromatic carbocycles. The van der Waals surface area contributed by atoms with Crippen LogP contribution in [-0.2, 0) is 25.7 Å². The van der Waals surface area contributed by atoms with Crippen molar-refractivity contribution in [3.8, 4) is 5.75 Å². The molecule has 26 heavy (non-hydrogen) atoms. The van der Waals surface area contributed by atoms with E-state index in [1.165, 1.54) is 12.1 Å². The molecule has 0 saturated carbocycles. The number of aromatic hydroxyl groups is 1. The number of ether oxygens (including phenoxy) is 1. The van der Waals surface area contributed by atoms with Crippen LogP contribution in [0.4, 0.5) is 4.79 Å². The number of benzene rings is 1. The van der Waals surface area contributed by atoms with Gasteiger partial charge in [-0.2, -0.15) is 0 Å². The Morgan fingerprint density at radius 2 is 1.85 bits per heavy atom. The summed E-state index contributed by atoms with van der Waals surface area (Å²) in [6.45, 7) is 1.68. The van der Waals surface area contributed by atoms with E-state index < -0.39 is 36.3 Å². The Kier molecular flexibility index (Phi) is 6.16. The third-order valence-corrected chi connectivity index (χ3v) is 3.91. The summed E-state index contributed by atoms with van der Waals surface area (Å²) in [4.78, 5) is 49.7. The van der Waals surface area contributed by atoms with E-state index in [1.807, 2.05) is 0 Å². The average molecular weight is 364 g/mol. The molecule has 140 valence electrons. The number of carboxylic acid groups (broad SMARTS) is 1. The van der Waals surface area contributed by atoms with Gasteiger partial charge in [0.1, 0.15) is 11.8 Å². The summed E-state index contributed by atoms with van der Waals surface area (Å²) >= 11 is 0. The number of carboxylic acids is 1. The van der Waals surface area contributed by atoms with Gasteiger partial charge in [-0.1, -0.05) is 12.1 Å². The number of hydrogen-bond donors (Lipinski definition) is 2. The van der Waals surface area contributed by atoms with Crippen molar-refractivity contribution in [2.45, 2.75) is 32.4 Å². The van der Waals surface area contributed by atoms with Gasteiger partial charge in [-0.3, -0.25) is 19.3 Å². The van der Waals surface area contributed by atoms with Crippen LogP contribution in [0.15, 0.2) is 24.3 Å². The van der Waals surface area contributed by atoms with Crippen molar-refractivity contribution in [1.29, 1.82) is 0 Å². The van der Waals surface area contributed by atoms with Crippen LogP contribution in [0.3, 0.4) is 0 Å². The molecule has 1 atom stereocenters. The van der Waals surface area contributed by atoms with Crippen LogP contribution in [-0.4, -0.2) is 63.1 Å². The van der Waals surface area contributed by atoms with Gasteiger partial charge in [0, 0.05) is 13.1 Å². The number of carbonyl (C=O) groups excluding carboxylic acids is 3. The van der Waals surface area contributed by atoms with E-state index in [4.69, 9.17) is 9.84 Å². The maximum atomic E-state index is 12.6. The molecule has 0 aliphatic carbocycles. The summed E-state index contributed by atoms with van der Waals surface area (Å²) in [6, 6.07) is 4.22. The number of carbonyl (C=O) groups is 4. The van der Waals surface area contributed by atoms with Crippen LogP contribution in [0.5, 0.6) is 5.75 Å². The van der Waals surface area contributed by atoms with Gasteiger partial charge in [-0.25, -0.2) is 4.79 Å². The highest BCUT2D eigenvalue weighted by molar-refractivity contribution is 6.05. The first-order valence-electron chi connectivity index (χ1n) is 8.10. The van der Waals surface area contributed by atoms with Crippen molar-refractivity contribution < 1.29 is 34.1 Å². The van der Waals surface area contributed by atoms with E-state index in [1.54, 1.807) is 19.1 Å². The smallest absolute Gasteiger partial charge is 0.327 e. The van der Waals surface area contributed by atoms with Crippen molar-refractivity contribution in [3.05, 3.63) is 29.8 Å². The molecular formula is C17H20N2O7. The molecule has 9 nitrogen and oxygen atoms in total. The zero-order chi connectivity index (χ0) is 19.3. The first kappa shape index (κ1) is 19.2. The number of rotatable bonds is 8. The molecule has 0 bridgehead atoms. The predicted octanol–water partition coefficient (Wildman–Crippen LogP) is 0.953. The van der Waals surface area contributed by atoms with Crippen molar-refractivity contribution in [3.63, 3.8) is 0 Å². The fourth-order valence-corrected chi connectivity index (χ4v) is 2.68. The monoisotopic (exact) mass is 364 g/mol. The second kappa shape index (κ2) is 8.32. The Hall–Kier alpha value is -3.10. The zero-order valence-electron chi connectivity index (χ0n) is 14.3. The third-order valence-electron chi connectivity index (χ3n) is 3.91. The van der Waals surface area contributed by atoms with Crippen LogP contribution < -0.4 is 0 Å². The lowest BCUT2D eigenvalue weighted by molar-refractivity contribution is -0.144. The normalized spacial score (nSPS) is 16.9. The van der Waals surface area contributed by atoms with Crippen LogP contribution in [0, 0.1) is 0 Å². The molecule has 1 saturated heterocycles. The second-order valence-corrected chi connectivity index (χ2v) is 5.74. The number of aliphatic carboxylic acids is 1. The average Bonchev–Trinajstić information content (AvgIpc) is 2.79. The van der Waals surface area contributed by atoms with E-state index in [0.717, 1.165) is 9.80 Å². The molecule has 1 aliphatic heterocycles. The second-order valence-electron chi connectivity index (χ2n) is 5.74. The first-order chi connectivity index (χ1) is 12.3. The molecule has 1 heterocycles. The molecule has 3 amide bonds. The highest BCUT2D eigenvalue weighted by Crippen LogP contribution is 2.24. The van der Waals surface area contributed by atoms with Crippen molar-refractivity contribution in [2.24, 2.45) is 0 Å². The van der Waals surface area contributed by atoms with E-state index >= 15 is 0 Å². The van der Waals surface area contributed by atoms with Crippen LogP contribution >= 0.6 is 0 Å². The fraction of sp³-hybridized carbons (Fsp3) is 0.412. The molecule has 0 aromatic heterocycles. The summed E-state index contributed by atoms with van der Waals surface area (Å²) in [5, 5.41) is 18.4. The molecule has 2 N–H and O–H groups in total. The van der Waals surface area contributed by atoms with Gasteiger partial charge in [-0.05, 0) is 24.6 Å². The molecule has 0 spiro atoms. The lowest BCUT2D eigenvalue weighted by atomic mass is 10.1. The fourth-order valence-electron chi connectivity index (χ4n) is 2.68. The number of imide groups is 1. The summed E-state index contributed by atoms with van der Waals surface area (Å²) in [6.07, 6.45) is -0.684. The molecule has 1 fully saturated rings. The number of phenolic OH excluding ortho intramolecular Hbond substituents is 1. The van der Waals surface area contributed by atoms with Gasteiger partial charge < -0.3 is 19.8 Å². The number of esters is 1. The van der Waals surface area contributed by atoms with Gasteiger partial charge in [0.05, 0.1) is 19.4 Å². The maximum absolute atomic E-state index is 12.6. The van der Waals surface area contributed by atoms with Gasteiger partial charge in [0.15, 0.2) is 0 Å². The maximum Gasteiger partial charge on any atom is 0.327 e. The Labute approximate surface area is 149 Å². The number of amides is 3. The SMILES string of the molecule is CCOC(=O)CCN1C(=O)[C@H](CC(=O)O)N(Cc2ccc(O)cc2)C1=O. The summed E-state index contributed by atoms with van der Waals surface area (Å²) in [5.74, 6) is -2.35. The van der Waals surface area contributed by atoms with Crippen molar-refractivity contribution in [2.75, 3.05) is 13.2 Å². The van der Waals surface area contributed by atoms with Crippen molar-refractivity contribution >= 4 is 23.9 Å². The number of phenols is 1. The van der Waals surface area contributed by atoms with Crippen LogP contribution in [0.2, 0.25) is 0 Å². The quantitative estimate of drug-likeness (QED) is 0.520. The number of urea groups is 1. The van der Waals surface area contributed by atoms with E-state index in [2.05, 4.69) is 0 Å². The van der Waals surface area contributed by atoms with Crippen LogP contribution in [0.1, 0.15) is 25.3 Å². The lowest BCUT2D eigenvalue weighted by Gasteiger charge is -2.20. The summed E-state index contributed by atoms with van der Waals surface area (Å²) in [7, 11) is 0. The van der Waals surface area contributed by atoms with Crippen molar-refractivity contribution in [1.82, 2.24) is 9.80 Å². The summed E-state index contributed by atoms with van der Waals surface area (Å²) < 4.78 is 4.78. The molecule has 2 rings (SSSR count). The Bertz CT molecular complexity index is 702. The van der Waals surface area contributed by atoms with Crippen LogP contribution in [0.25, 0.3) is 0 Å². The topological polar surface area (TPSA) is 124 Å². The zero-order valence-corrected chi connectivity index (χ0v) is 14.3. The molecule has 1 aliphatic rings. The predicted molar refractivity (Wildman–Crippen MR) is 88.0 cm³/mol. The first-order valence-corrected chi connectivity index (χ1v) is 8.10. The standard InChI is InChI=1S/C17H20N2O7/c1-2-26-15(23)7-8-18-16(24)13(9-14(21)22)19(17(18)25)10-11-3-5-12(20)6-4-11/h3-6,13,20H,2,7-10H2,1H3,(H,21,22)/t13-/m0/s1. The minimum atomic E-state index is -1.21. The number of hydrogen-bond acceptors (Lipinski definition) is 6. The van der Waals surface area contributed by atoms with E-state index in [-0.39, 0.29) is 31.9 Å². The molecular weight excluding hydrogens is 344 g/mol.